The molecule has 3 N–H and O–H groups in total. The number of amides is 1. The molecule has 0 unspecified atom stereocenters. The van der Waals surface area contributed by atoms with E-state index < -0.39 is 5.97 Å². The Bertz CT molecular complexity index is 1450. The summed E-state index contributed by atoms with van der Waals surface area (Å²) in [7, 11) is 0. The molecule has 0 spiro atoms. The van der Waals surface area contributed by atoms with Crippen molar-refractivity contribution >= 4 is 22.8 Å². The van der Waals surface area contributed by atoms with Gasteiger partial charge < -0.3 is 20.3 Å². The second kappa shape index (κ2) is 10.6. The van der Waals surface area contributed by atoms with E-state index in [9.17, 15) is 14.7 Å². The fourth-order valence-corrected chi connectivity index (χ4v) is 5.31. The number of rotatable bonds is 7. The number of fused-ring (bicyclic) bond motifs is 1. The molecule has 6 heteroatoms. The lowest BCUT2D eigenvalue weighted by atomic mass is 9.98. The van der Waals surface area contributed by atoms with Gasteiger partial charge in [0.05, 0.1) is 5.56 Å². The number of benzene rings is 3. The summed E-state index contributed by atoms with van der Waals surface area (Å²) >= 11 is 0. The predicted octanol–water partition coefficient (Wildman–Crippen LogP) is 5.40. The highest BCUT2D eigenvalue weighted by Gasteiger charge is 2.17. The number of carboxylic acids is 1. The number of carbonyl (C=O) groups is 2. The lowest BCUT2D eigenvalue weighted by Crippen LogP contribution is -2.35. The highest BCUT2D eigenvalue weighted by molar-refractivity contribution is 5.99. The predicted molar refractivity (Wildman–Crippen MR) is 147 cm³/mol. The zero-order valence-electron chi connectivity index (χ0n) is 21.4. The molecule has 1 aromatic heterocycles. The largest absolute Gasteiger partial charge is 0.478 e. The van der Waals surface area contributed by atoms with E-state index in [4.69, 9.17) is 0 Å². The summed E-state index contributed by atoms with van der Waals surface area (Å²) in [6.07, 6.45) is 2.21. The molecule has 190 valence electrons. The van der Waals surface area contributed by atoms with Crippen LogP contribution < -0.4 is 10.6 Å². The van der Waals surface area contributed by atoms with Gasteiger partial charge in [-0.3, -0.25) is 4.79 Å². The van der Waals surface area contributed by atoms with Gasteiger partial charge in [-0.1, -0.05) is 42.5 Å². The van der Waals surface area contributed by atoms with Gasteiger partial charge in [0, 0.05) is 35.2 Å². The van der Waals surface area contributed by atoms with Gasteiger partial charge >= 0.3 is 5.97 Å². The summed E-state index contributed by atoms with van der Waals surface area (Å²) in [6.45, 7) is 7.69. The maximum atomic E-state index is 12.9. The lowest BCUT2D eigenvalue weighted by Gasteiger charge is -2.22. The molecule has 1 aliphatic rings. The fourth-order valence-electron chi connectivity index (χ4n) is 5.31. The Morgan fingerprint density at radius 2 is 1.73 bits per heavy atom. The molecule has 3 aromatic carbocycles. The topological polar surface area (TPSA) is 83.4 Å². The van der Waals surface area contributed by atoms with Gasteiger partial charge in [0.2, 0.25) is 0 Å². The number of aromatic nitrogens is 1. The van der Waals surface area contributed by atoms with E-state index in [-0.39, 0.29) is 5.91 Å². The minimum Gasteiger partial charge on any atom is -0.478 e. The van der Waals surface area contributed by atoms with E-state index in [1.807, 2.05) is 42.5 Å². The molecular formula is C31H33N3O3. The number of nitrogens with zero attached hydrogens (tertiary/aromatic N) is 1. The van der Waals surface area contributed by atoms with Crippen LogP contribution in [0.15, 0.2) is 66.7 Å². The van der Waals surface area contributed by atoms with Crippen molar-refractivity contribution in [3.63, 3.8) is 0 Å². The van der Waals surface area contributed by atoms with E-state index in [2.05, 4.69) is 41.2 Å². The number of piperidine rings is 1. The smallest absolute Gasteiger partial charge is 0.336 e. The zero-order chi connectivity index (χ0) is 25.9. The highest BCUT2D eigenvalue weighted by Crippen LogP contribution is 2.29. The molecule has 4 aromatic rings. The Labute approximate surface area is 217 Å². The number of aromatic carboxylic acids is 1. The third-order valence-corrected chi connectivity index (χ3v) is 7.67. The number of aryl methyl sites for hydroxylation is 1. The van der Waals surface area contributed by atoms with Crippen LogP contribution in [-0.4, -0.2) is 41.2 Å². The molecule has 2 heterocycles. The SMILES string of the molecule is Cc1c(C)n(Cc2ccc(-c3ccccc3C(=O)O)cc2)c2ccc(C(=O)NCC3CCNCC3)cc12. The van der Waals surface area contributed by atoms with E-state index in [1.54, 1.807) is 12.1 Å². The van der Waals surface area contributed by atoms with Crippen LogP contribution in [0.1, 0.15) is 50.4 Å². The summed E-state index contributed by atoms with van der Waals surface area (Å²) in [5.41, 5.74) is 7.16. The summed E-state index contributed by atoms with van der Waals surface area (Å²) in [6, 6.07) is 21.1. The van der Waals surface area contributed by atoms with Gasteiger partial charge in [-0.05, 0) is 92.2 Å². The van der Waals surface area contributed by atoms with Crippen molar-refractivity contribution in [1.29, 1.82) is 0 Å². The van der Waals surface area contributed by atoms with E-state index in [1.165, 1.54) is 11.3 Å². The minimum atomic E-state index is -0.927. The lowest BCUT2D eigenvalue weighted by molar-refractivity contribution is 0.0697. The Kier molecular flexibility index (Phi) is 7.10. The first-order chi connectivity index (χ1) is 17.9. The molecule has 1 aliphatic heterocycles. The molecule has 6 nitrogen and oxygen atoms in total. The number of carbonyl (C=O) groups excluding carboxylic acids is 1. The Hall–Kier alpha value is -3.90. The maximum absolute atomic E-state index is 12.9. The first kappa shape index (κ1) is 24.8. The number of hydrogen-bond acceptors (Lipinski definition) is 3. The third-order valence-electron chi connectivity index (χ3n) is 7.67. The van der Waals surface area contributed by atoms with Crippen LogP contribution in [0.25, 0.3) is 22.0 Å². The van der Waals surface area contributed by atoms with Gasteiger partial charge in [0.1, 0.15) is 0 Å². The van der Waals surface area contributed by atoms with E-state index in [0.29, 0.717) is 29.2 Å². The Balaban J connectivity index is 1.35. The van der Waals surface area contributed by atoms with Crippen molar-refractivity contribution in [2.45, 2.75) is 33.2 Å². The molecule has 1 saturated heterocycles. The van der Waals surface area contributed by atoms with Gasteiger partial charge in [-0.25, -0.2) is 4.79 Å². The number of hydrogen-bond donors (Lipinski definition) is 3. The zero-order valence-corrected chi connectivity index (χ0v) is 21.4. The molecular weight excluding hydrogens is 462 g/mol. The molecule has 0 radical (unpaired) electrons. The van der Waals surface area contributed by atoms with Gasteiger partial charge in [0.15, 0.2) is 0 Å². The summed E-state index contributed by atoms with van der Waals surface area (Å²) in [5.74, 6) is -0.394. The molecule has 1 amide bonds. The van der Waals surface area contributed by atoms with Crippen molar-refractivity contribution < 1.29 is 14.7 Å². The van der Waals surface area contributed by atoms with Crippen molar-refractivity contribution in [3.8, 4) is 11.1 Å². The Morgan fingerprint density at radius 1 is 1.00 bits per heavy atom. The molecule has 0 atom stereocenters. The fraction of sp³-hybridized carbons (Fsp3) is 0.290. The van der Waals surface area contributed by atoms with Gasteiger partial charge in [-0.15, -0.1) is 0 Å². The average molecular weight is 496 g/mol. The van der Waals surface area contributed by atoms with Gasteiger partial charge in [-0.2, -0.15) is 0 Å². The second-order valence-corrected chi connectivity index (χ2v) is 9.98. The monoisotopic (exact) mass is 495 g/mol. The van der Waals surface area contributed by atoms with Crippen LogP contribution in [0.2, 0.25) is 0 Å². The van der Waals surface area contributed by atoms with E-state index >= 15 is 0 Å². The van der Waals surface area contributed by atoms with Crippen molar-refractivity contribution in [2.24, 2.45) is 5.92 Å². The quantitative estimate of drug-likeness (QED) is 0.321. The molecule has 0 aliphatic carbocycles. The number of nitrogens with one attached hydrogen (secondary N) is 2. The maximum Gasteiger partial charge on any atom is 0.336 e. The van der Waals surface area contributed by atoms with Crippen molar-refractivity contribution in [1.82, 2.24) is 15.2 Å². The molecule has 0 bridgehead atoms. The van der Waals surface area contributed by atoms with Crippen LogP contribution >= 0.6 is 0 Å². The van der Waals surface area contributed by atoms with Crippen LogP contribution in [0, 0.1) is 19.8 Å². The standard InChI is InChI=1S/C31H33N3O3/c1-20-21(2)34(19-23-7-9-24(10-8-23)26-5-3-4-6-27(26)31(36)37)29-12-11-25(17-28(20)29)30(35)33-18-22-13-15-32-16-14-22/h3-12,17,22,32H,13-16,18-19H2,1-2H3,(H,33,35)(H,36,37). The molecule has 0 saturated carbocycles. The number of carboxylic acid groups (broad SMARTS) is 1. The van der Waals surface area contributed by atoms with E-state index in [0.717, 1.165) is 54.5 Å². The van der Waals surface area contributed by atoms with Gasteiger partial charge in [0.25, 0.3) is 5.91 Å². The van der Waals surface area contributed by atoms with Crippen LogP contribution in [-0.2, 0) is 6.54 Å². The van der Waals surface area contributed by atoms with Crippen LogP contribution in [0.3, 0.4) is 0 Å². The highest BCUT2D eigenvalue weighted by atomic mass is 16.4. The summed E-state index contributed by atoms with van der Waals surface area (Å²) in [5, 5.41) is 17.1. The summed E-state index contributed by atoms with van der Waals surface area (Å²) in [4.78, 5) is 24.5. The molecule has 1 fully saturated rings. The average Bonchev–Trinajstić information content (AvgIpc) is 3.17. The molecule has 5 rings (SSSR count). The van der Waals surface area contributed by atoms with Crippen molar-refractivity contribution in [3.05, 3.63) is 94.7 Å². The minimum absolute atomic E-state index is 0.0116. The Morgan fingerprint density at radius 3 is 2.46 bits per heavy atom. The van der Waals surface area contributed by atoms with Crippen molar-refractivity contribution in [2.75, 3.05) is 19.6 Å². The first-order valence-electron chi connectivity index (χ1n) is 12.9. The van der Waals surface area contributed by atoms with Crippen LogP contribution in [0.5, 0.6) is 0 Å². The normalized spacial score (nSPS) is 14.1. The third kappa shape index (κ3) is 5.16. The summed E-state index contributed by atoms with van der Waals surface area (Å²) < 4.78 is 2.28. The van der Waals surface area contributed by atoms with Crippen LogP contribution in [0.4, 0.5) is 0 Å². The second-order valence-electron chi connectivity index (χ2n) is 9.98. The first-order valence-corrected chi connectivity index (χ1v) is 12.9. The molecule has 37 heavy (non-hydrogen) atoms.